The van der Waals surface area contributed by atoms with Crippen molar-refractivity contribution in [3.05, 3.63) is 24.0 Å². The van der Waals surface area contributed by atoms with Crippen molar-refractivity contribution in [2.24, 2.45) is 0 Å². The quantitative estimate of drug-likeness (QED) is 0.812. The Bertz CT molecular complexity index is 368. The lowest BCUT2D eigenvalue weighted by Crippen LogP contribution is -2.20. The summed E-state index contributed by atoms with van der Waals surface area (Å²) < 4.78 is 18.1. The molecule has 0 bridgehead atoms. The third-order valence-electron chi connectivity index (χ3n) is 1.79. The summed E-state index contributed by atoms with van der Waals surface area (Å²) in [5, 5.41) is 1.65. The number of amides is 1. The summed E-state index contributed by atoms with van der Waals surface area (Å²) in [5.74, 6) is -0.515. The number of nitrogens with one attached hydrogen (secondary N) is 1. The van der Waals surface area contributed by atoms with Gasteiger partial charge in [-0.05, 0) is 19.1 Å². The SMILES string of the molecule is COc1ccc(F)c(NC(=O)C(C)Cl)c1. The predicted molar refractivity (Wildman–Crippen MR) is 56.9 cm³/mol. The molecule has 0 aliphatic rings. The van der Waals surface area contributed by atoms with E-state index in [-0.39, 0.29) is 5.69 Å². The van der Waals surface area contributed by atoms with Crippen LogP contribution in [0.3, 0.4) is 0 Å². The summed E-state index contributed by atoms with van der Waals surface area (Å²) in [7, 11) is 1.46. The van der Waals surface area contributed by atoms with Gasteiger partial charge >= 0.3 is 0 Å². The summed E-state index contributed by atoms with van der Waals surface area (Å²) in [4.78, 5) is 11.2. The van der Waals surface area contributed by atoms with E-state index >= 15 is 0 Å². The molecule has 0 saturated heterocycles. The van der Waals surface area contributed by atoms with Crippen molar-refractivity contribution >= 4 is 23.2 Å². The molecule has 0 heterocycles. The molecule has 0 spiro atoms. The molecule has 5 heteroatoms. The Labute approximate surface area is 92.2 Å². The normalized spacial score (nSPS) is 12.0. The number of ether oxygens (including phenoxy) is 1. The van der Waals surface area contributed by atoms with E-state index < -0.39 is 17.1 Å². The average Bonchev–Trinajstić information content (AvgIpc) is 2.21. The molecular formula is C10H11ClFNO2. The highest BCUT2D eigenvalue weighted by atomic mass is 35.5. The standard InChI is InChI=1S/C10H11ClFNO2/c1-6(11)10(14)13-9-5-7(15-2)3-4-8(9)12/h3-6H,1-2H3,(H,13,14). The van der Waals surface area contributed by atoms with Crippen LogP contribution in [0.4, 0.5) is 10.1 Å². The van der Waals surface area contributed by atoms with Gasteiger partial charge in [-0.15, -0.1) is 11.6 Å². The zero-order valence-electron chi connectivity index (χ0n) is 8.38. The fourth-order valence-electron chi connectivity index (χ4n) is 0.959. The van der Waals surface area contributed by atoms with Gasteiger partial charge in [0.25, 0.3) is 0 Å². The van der Waals surface area contributed by atoms with Crippen LogP contribution in [0.2, 0.25) is 0 Å². The highest BCUT2D eigenvalue weighted by molar-refractivity contribution is 6.32. The fraction of sp³-hybridized carbons (Fsp3) is 0.300. The van der Waals surface area contributed by atoms with Gasteiger partial charge in [0.15, 0.2) is 0 Å². The van der Waals surface area contributed by atoms with Gasteiger partial charge < -0.3 is 10.1 Å². The number of anilines is 1. The Morgan fingerprint density at radius 2 is 2.27 bits per heavy atom. The zero-order chi connectivity index (χ0) is 11.4. The van der Waals surface area contributed by atoms with Crippen LogP contribution in [0.5, 0.6) is 5.75 Å². The van der Waals surface area contributed by atoms with Gasteiger partial charge in [0.1, 0.15) is 16.9 Å². The van der Waals surface area contributed by atoms with Crippen molar-refractivity contribution < 1.29 is 13.9 Å². The Kier molecular flexibility index (Phi) is 3.91. The Morgan fingerprint density at radius 1 is 1.60 bits per heavy atom. The Balaban J connectivity index is 2.88. The summed E-state index contributed by atoms with van der Waals surface area (Å²) in [6, 6.07) is 4.08. The maximum absolute atomic E-state index is 13.2. The van der Waals surface area contributed by atoms with E-state index in [0.717, 1.165) is 0 Å². The first-order valence-electron chi connectivity index (χ1n) is 4.33. The first-order valence-corrected chi connectivity index (χ1v) is 4.76. The number of rotatable bonds is 3. The van der Waals surface area contributed by atoms with Gasteiger partial charge in [0.2, 0.25) is 5.91 Å². The molecule has 1 aromatic carbocycles. The molecule has 0 saturated carbocycles. The monoisotopic (exact) mass is 231 g/mol. The molecule has 15 heavy (non-hydrogen) atoms. The summed E-state index contributed by atoms with van der Waals surface area (Å²) in [6.45, 7) is 1.51. The number of methoxy groups -OCH3 is 1. The second-order valence-electron chi connectivity index (χ2n) is 2.95. The molecule has 3 nitrogen and oxygen atoms in total. The number of carbonyl (C=O) groups is 1. The summed E-state index contributed by atoms with van der Waals surface area (Å²) >= 11 is 5.54. The van der Waals surface area contributed by atoms with Gasteiger partial charge in [-0.3, -0.25) is 4.79 Å². The number of alkyl halides is 1. The molecule has 1 N–H and O–H groups in total. The van der Waals surface area contributed by atoms with Crippen LogP contribution in [0.15, 0.2) is 18.2 Å². The lowest BCUT2D eigenvalue weighted by atomic mass is 10.2. The van der Waals surface area contributed by atoms with Crippen LogP contribution < -0.4 is 10.1 Å². The highest BCUT2D eigenvalue weighted by Crippen LogP contribution is 2.21. The number of hydrogen-bond donors (Lipinski definition) is 1. The molecule has 1 amide bonds. The lowest BCUT2D eigenvalue weighted by molar-refractivity contribution is -0.115. The first-order chi connectivity index (χ1) is 7.04. The smallest absolute Gasteiger partial charge is 0.242 e. The van der Waals surface area contributed by atoms with Crippen LogP contribution in [-0.4, -0.2) is 18.4 Å². The second kappa shape index (κ2) is 4.98. The molecule has 0 radical (unpaired) electrons. The van der Waals surface area contributed by atoms with E-state index in [0.29, 0.717) is 5.75 Å². The predicted octanol–water partition coefficient (Wildman–Crippen LogP) is 2.40. The molecule has 0 aromatic heterocycles. The average molecular weight is 232 g/mol. The van der Waals surface area contributed by atoms with E-state index in [4.69, 9.17) is 16.3 Å². The molecule has 82 valence electrons. The van der Waals surface area contributed by atoms with Crippen molar-refractivity contribution in [1.29, 1.82) is 0 Å². The fourth-order valence-corrected chi connectivity index (χ4v) is 1.01. The Hall–Kier alpha value is -1.29. The van der Waals surface area contributed by atoms with Crippen LogP contribution >= 0.6 is 11.6 Å². The maximum atomic E-state index is 13.2. The largest absolute Gasteiger partial charge is 0.497 e. The van der Waals surface area contributed by atoms with Crippen LogP contribution in [0.1, 0.15) is 6.92 Å². The van der Waals surface area contributed by atoms with Gasteiger partial charge in [0.05, 0.1) is 12.8 Å². The van der Waals surface area contributed by atoms with Crippen LogP contribution in [0, 0.1) is 5.82 Å². The van der Waals surface area contributed by atoms with Gasteiger partial charge in [0, 0.05) is 6.07 Å². The number of carbonyl (C=O) groups excluding carboxylic acids is 1. The van der Waals surface area contributed by atoms with Crippen LogP contribution in [-0.2, 0) is 4.79 Å². The number of benzene rings is 1. The number of hydrogen-bond acceptors (Lipinski definition) is 2. The minimum absolute atomic E-state index is 0.0619. The van der Waals surface area contributed by atoms with Gasteiger partial charge in [-0.1, -0.05) is 0 Å². The van der Waals surface area contributed by atoms with Gasteiger partial charge in [-0.25, -0.2) is 4.39 Å². The first kappa shape index (κ1) is 11.8. The maximum Gasteiger partial charge on any atom is 0.242 e. The molecular weight excluding hydrogens is 221 g/mol. The van der Waals surface area contributed by atoms with Crippen molar-refractivity contribution in [2.45, 2.75) is 12.3 Å². The number of halogens is 2. The van der Waals surface area contributed by atoms with Crippen molar-refractivity contribution in [1.82, 2.24) is 0 Å². The van der Waals surface area contributed by atoms with E-state index in [1.165, 1.54) is 32.2 Å². The zero-order valence-corrected chi connectivity index (χ0v) is 9.14. The molecule has 1 atom stereocenters. The third-order valence-corrected chi connectivity index (χ3v) is 1.99. The topological polar surface area (TPSA) is 38.3 Å². The van der Waals surface area contributed by atoms with Crippen molar-refractivity contribution in [2.75, 3.05) is 12.4 Å². The third kappa shape index (κ3) is 3.09. The highest BCUT2D eigenvalue weighted by Gasteiger charge is 2.12. The van der Waals surface area contributed by atoms with Crippen molar-refractivity contribution in [3.8, 4) is 5.75 Å². The summed E-state index contributed by atoms with van der Waals surface area (Å²) in [5.41, 5.74) is 0.0619. The van der Waals surface area contributed by atoms with Crippen LogP contribution in [0.25, 0.3) is 0 Å². The van der Waals surface area contributed by atoms with E-state index in [1.54, 1.807) is 0 Å². The molecule has 0 fully saturated rings. The van der Waals surface area contributed by atoms with E-state index in [9.17, 15) is 9.18 Å². The molecule has 0 aliphatic carbocycles. The lowest BCUT2D eigenvalue weighted by Gasteiger charge is -2.08. The molecule has 1 unspecified atom stereocenters. The van der Waals surface area contributed by atoms with Crippen molar-refractivity contribution in [3.63, 3.8) is 0 Å². The molecule has 1 aromatic rings. The summed E-state index contributed by atoms with van der Waals surface area (Å²) in [6.07, 6.45) is 0. The minimum Gasteiger partial charge on any atom is -0.497 e. The Morgan fingerprint density at radius 3 is 2.80 bits per heavy atom. The second-order valence-corrected chi connectivity index (χ2v) is 3.61. The molecule has 1 rings (SSSR count). The molecule has 0 aliphatic heterocycles. The van der Waals surface area contributed by atoms with Gasteiger partial charge in [-0.2, -0.15) is 0 Å². The van der Waals surface area contributed by atoms with E-state index in [2.05, 4.69) is 5.32 Å². The minimum atomic E-state index is -0.712. The van der Waals surface area contributed by atoms with E-state index in [1.807, 2.05) is 0 Å².